The first-order chi connectivity index (χ1) is 12.7. The van der Waals surface area contributed by atoms with E-state index in [1.807, 2.05) is 28.0 Å². The van der Waals surface area contributed by atoms with E-state index in [2.05, 4.69) is 22.3 Å². The highest BCUT2D eigenvalue weighted by atomic mass is 16.5. The van der Waals surface area contributed by atoms with Gasteiger partial charge in [0.25, 0.3) is 0 Å². The fourth-order valence-electron chi connectivity index (χ4n) is 3.69. The summed E-state index contributed by atoms with van der Waals surface area (Å²) in [5, 5.41) is 2.83. The van der Waals surface area contributed by atoms with Crippen LogP contribution in [0, 0.1) is 0 Å². The number of benzene rings is 1. The molecule has 0 aliphatic carbocycles. The van der Waals surface area contributed by atoms with Gasteiger partial charge in [0.2, 0.25) is 5.91 Å². The molecule has 3 saturated heterocycles. The van der Waals surface area contributed by atoms with Crippen molar-refractivity contribution >= 4 is 23.7 Å². The molecule has 3 amide bonds. The van der Waals surface area contributed by atoms with Gasteiger partial charge in [-0.3, -0.25) is 4.79 Å². The van der Waals surface area contributed by atoms with Crippen LogP contribution in [-0.4, -0.2) is 80.3 Å². The fraction of sp³-hybridized carbons (Fsp3) is 0.474. The molecule has 3 fully saturated rings. The summed E-state index contributed by atoms with van der Waals surface area (Å²) in [6.45, 7) is 5.77. The third-order valence-corrected chi connectivity index (χ3v) is 5.23. The second-order valence-electron chi connectivity index (χ2n) is 6.84. The van der Waals surface area contributed by atoms with E-state index in [0.717, 1.165) is 31.9 Å². The smallest absolute Gasteiger partial charge is 0.317 e. The Morgan fingerprint density at radius 3 is 2.65 bits per heavy atom. The van der Waals surface area contributed by atoms with Crippen molar-refractivity contribution in [2.45, 2.75) is 6.04 Å². The number of piperazine rings is 1. The molecule has 0 bridgehead atoms. The number of nitrogens with one attached hydrogen (secondary N) is 1. The average Bonchev–Trinajstić information content (AvgIpc) is 3.07. The molecule has 1 N–H and O–H groups in total. The predicted octanol–water partition coefficient (Wildman–Crippen LogP) is 0.772. The number of hydrogen-bond acceptors (Lipinski definition) is 4. The molecule has 4 rings (SSSR count). The van der Waals surface area contributed by atoms with E-state index in [9.17, 15) is 9.59 Å². The second kappa shape index (κ2) is 7.37. The lowest BCUT2D eigenvalue weighted by molar-refractivity contribution is -0.128. The lowest BCUT2D eigenvalue weighted by atomic mass is 10.1. The Kier molecular flexibility index (Phi) is 4.79. The molecule has 1 aromatic rings. The fourth-order valence-corrected chi connectivity index (χ4v) is 3.69. The summed E-state index contributed by atoms with van der Waals surface area (Å²) < 4.78 is 5.38. The van der Waals surface area contributed by atoms with Crippen LogP contribution < -0.4 is 10.2 Å². The van der Waals surface area contributed by atoms with Crippen molar-refractivity contribution in [2.75, 3.05) is 57.4 Å². The number of hydrogen-bond donors (Lipinski definition) is 1. The van der Waals surface area contributed by atoms with Crippen molar-refractivity contribution in [3.63, 3.8) is 0 Å². The second-order valence-corrected chi connectivity index (χ2v) is 6.84. The summed E-state index contributed by atoms with van der Waals surface area (Å²) in [6.07, 6.45) is 3.49. The van der Waals surface area contributed by atoms with Crippen molar-refractivity contribution in [1.29, 1.82) is 0 Å². The van der Waals surface area contributed by atoms with Gasteiger partial charge < -0.3 is 24.8 Å². The summed E-state index contributed by atoms with van der Waals surface area (Å²) in [5.74, 6) is 0.00116. The van der Waals surface area contributed by atoms with Gasteiger partial charge in [-0.1, -0.05) is 12.1 Å². The number of carbonyl (C=O) groups is 2. The number of carbonyl (C=O) groups excluding carboxylic acids is 2. The van der Waals surface area contributed by atoms with Gasteiger partial charge in [-0.05, 0) is 23.8 Å². The maximum Gasteiger partial charge on any atom is 0.317 e. The standard InChI is InChI=1S/C19H24N4O3/c24-18(22-7-8-23-17(14-22)13-20-19(23)25)6-3-15-1-4-16(5-2-15)21-9-11-26-12-10-21/h1-6,17H,7-14H2,(H,20,25)/b6-3+. The molecular formula is C19H24N4O3. The van der Waals surface area contributed by atoms with E-state index in [1.165, 1.54) is 5.69 Å². The minimum atomic E-state index is -0.0157. The monoisotopic (exact) mass is 356 g/mol. The first-order valence-electron chi connectivity index (χ1n) is 9.15. The normalized spacial score (nSPS) is 23.3. The van der Waals surface area contributed by atoms with Crippen LogP contribution in [0.15, 0.2) is 30.3 Å². The van der Waals surface area contributed by atoms with Gasteiger partial charge in [-0.2, -0.15) is 0 Å². The lowest BCUT2D eigenvalue weighted by Crippen LogP contribution is -2.53. The van der Waals surface area contributed by atoms with Crippen LogP contribution in [0.25, 0.3) is 6.08 Å². The highest BCUT2D eigenvalue weighted by Gasteiger charge is 2.36. The van der Waals surface area contributed by atoms with Gasteiger partial charge in [-0.25, -0.2) is 4.79 Å². The van der Waals surface area contributed by atoms with Crippen molar-refractivity contribution in [3.05, 3.63) is 35.9 Å². The molecule has 3 heterocycles. The zero-order valence-corrected chi connectivity index (χ0v) is 14.8. The highest BCUT2D eigenvalue weighted by Crippen LogP contribution is 2.18. The quantitative estimate of drug-likeness (QED) is 0.813. The van der Waals surface area contributed by atoms with Crippen molar-refractivity contribution in [2.24, 2.45) is 0 Å². The number of morpholine rings is 1. The summed E-state index contributed by atoms with van der Waals surface area (Å²) in [6, 6.07) is 8.33. The average molecular weight is 356 g/mol. The van der Waals surface area contributed by atoms with Gasteiger partial charge in [0.1, 0.15) is 0 Å². The number of fused-ring (bicyclic) bond motifs is 1. The maximum absolute atomic E-state index is 12.4. The highest BCUT2D eigenvalue weighted by molar-refractivity contribution is 5.92. The van der Waals surface area contributed by atoms with Crippen LogP contribution in [0.4, 0.5) is 10.5 Å². The van der Waals surface area contributed by atoms with Crippen LogP contribution in [0.2, 0.25) is 0 Å². The van der Waals surface area contributed by atoms with Crippen LogP contribution in [0.5, 0.6) is 0 Å². The van der Waals surface area contributed by atoms with Gasteiger partial charge >= 0.3 is 6.03 Å². The molecule has 7 nitrogen and oxygen atoms in total. The lowest BCUT2D eigenvalue weighted by Gasteiger charge is -2.35. The summed E-state index contributed by atoms with van der Waals surface area (Å²) >= 11 is 0. The van der Waals surface area contributed by atoms with Crippen molar-refractivity contribution < 1.29 is 14.3 Å². The Balaban J connectivity index is 1.34. The van der Waals surface area contributed by atoms with Gasteiger partial charge in [0, 0.05) is 51.0 Å². The predicted molar refractivity (Wildman–Crippen MR) is 99.0 cm³/mol. The Morgan fingerprint density at radius 2 is 1.88 bits per heavy atom. The number of anilines is 1. The first-order valence-corrected chi connectivity index (χ1v) is 9.15. The van der Waals surface area contributed by atoms with E-state index >= 15 is 0 Å². The van der Waals surface area contributed by atoms with Gasteiger partial charge in [-0.15, -0.1) is 0 Å². The molecule has 138 valence electrons. The Labute approximate surface area is 153 Å². The largest absolute Gasteiger partial charge is 0.378 e. The Bertz CT molecular complexity index is 697. The molecule has 0 saturated carbocycles. The molecule has 0 spiro atoms. The summed E-state index contributed by atoms with van der Waals surface area (Å²) in [5.41, 5.74) is 2.19. The van der Waals surface area contributed by atoms with Crippen LogP contribution in [0.1, 0.15) is 5.56 Å². The molecular weight excluding hydrogens is 332 g/mol. The molecule has 26 heavy (non-hydrogen) atoms. The molecule has 3 aliphatic rings. The van der Waals surface area contributed by atoms with Gasteiger partial charge in [0.15, 0.2) is 0 Å². The summed E-state index contributed by atoms with van der Waals surface area (Å²) in [4.78, 5) is 30.0. The van der Waals surface area contributed by atoms with Crippen molar-refractivity contribution in [1.82, 2.24) is 15.1 Å². The first kappa shape index (κ1) is 16.9. The summed E-state index contributed by atoms with van der Waals surface area (Å²) in [7, 11) is 0. The zero-order chi connectivity index (χ0) is 17.9. The Hall–Kier alpha value is -2.54. The number of urea groups is 1. The molecule has 0 aromatic heterocycles. The minimum Gasteiger partial charge on any atom is -0.378 e. The van der Waals surface area contributed by atoms with E-state index in [-0.39, 0.29) is 18.0 Å². The molecule has 0 radical (unpaired) electrons. The molecule has 1 unspecified atom stereocenters. The van der Waals surface area contributed by atoms with E-state index in [4.69, 9.17) is 4.74 Å². The topological polar surface area (TPSA) is 65.1 Å². The van der Waals surface area contributed by atoms with Crippen LogP contribution >= 0.6 is 0 Å². The van der Waals surface area contributed by atoms with Crippen LogP contribution in [0.3, 0.4) is 0 Å². The van der Waals surface area contributed by atoms with Gasteiger partial charge in [0.05, 0.1) is 19.3 Å². The third-order valence-electron chi connectivity index (χ3n) is 5.23. The molecule has 7 heteroatoms. The minimum absolute atomic E-state index is 0.00116. The molecule has 3 aliphatic heterocycles. The third kappa shape index (κ3) is 3.53. The number of amides is 3. The maximum atomic E-state index is 12.4. The molecule has 1 atom stereocenters. The number of nitrogens with zero attached hydrogens (tertiary/aromatic N) is 3. The van der Waals surface area contributed by atoms with Crippen molar-refractivity contribution in [3.8, 4) is 0 Å². The van der Waals surface area contributed by atoms with Crippen LogP contribution in [-0.2, 0) is 9.53 Å². The number of ether oxygens (including phenoxy) is 1. The SMILES string of the molecule is O=C(/C=C/c1ccc(N2CCOCC2)cc1)N1CCN2C(=O)NCC2C1. The van der Waals surface area contributed by atoms with E-state index < -0.39 is 0 Å². The van der Waals surface area contributed by atoms with E-state index in [0.29, 0.717) is 26.2 Å². The number of rotatable bonds is 3. The van der Waals surface area contributed by atoms with E-state index in [1.54, 1.807) is 6.08 Å². The molecule has 1 aromatic carbocycles. The Morgan fingerprint density at radius 1 is 1.12 bits per heavy atom. The zero-order valence-electron chi connectivity index (χ0n) is 14.8.